The van der Waals surface area contributed by atoms with Crippen LogP contribution in [-0.2, 0) is 0 Å². The highest BCUT2D eigenvalue weighted by molar-refractivity contribution is 14.1. The summed E-state index contributed by atoms with van der Waals surface area (Å²) in [7, 11) is 0. The maximum Gasteiger partial charge on any atom is 0.0283 e. The molecule has 2 aromatic carbocycles. The Balaban J connectivity index is 2.64. The van der Waals surface area contributed by atoms with Crippen LogP contribution in [0.2, 0.25) is 0 Å². The van der Waals surface area contributed by atoms with Crippen molar-refractivity contribution in [2.24, 2.45) is 0 Å². The molecule has 0 saturated carbocycles. The zero-order valence-electron chi connectivity index (χ0n) is 12.6. The summed E-state index contributed by atoms with van der Waals surface area (Å²) in [5, 5.41) is 0. The fraction of sp³-hybridized carbons (Fsp3) is 0.200. The van der Waals surface area contributed by atoms with Crippen LogP contribution in [0.1, 0.15) is 37.8 Å². The van der Waals surface area contributed by atoms with Crippen molar-refractivity contribution in [3.8, 4) is 0 Å². The average molecular weight is 388 g/mol. The van der Waals surface area contributed by atoms with Crippen molar-refractivity contribution >= 4 is 31.7 Å². The monoisotopic (exact) mass is 388 g/mol. The second-order valence-electron chi connectivity index (χ2n) is 4.91. The van der Waals surface area contributed by atoms with E-state index in [-0.39, 0.29) is 0 Å². The lowest BCUT2D eigenvalue weighted by Gasteiger charge is -2.15. The smallest absolute Gasteiger partial charge is 0.0283 e. The molecule has 2 rings (SSSR count). The molecule has 0 aliphatic rings. The minimum atomic E-state index is 1.05. The van der Waals surface area contributed by atoms with Gasteiger partial charge >= 0.3 is 0 Å². The summed E-state index contributed by atoms with van der Waals surface area (Å²) < 4.78 is 1.32. The van der Waals surface area contributed by atoms with Gasteiger partial charge in [0, 0.05) is 3.58 Å². The van der Waals surface area contributed by atoms with Crippen LogP contribution in [0.5, 0.6) is 0 Å². The molecular formula is C20H21I. The molecule has 2 aromatic rings. The number of halogens is 1. The molecule has 0 fully saturated rings. The Morgan fingerprint density at radius 2 is 1.38 bits per heavy atom. The van der Waals surface area contributed by atoms with Gasteiger partial charge in [-0.2, -0.15) is 0 Å². The van der Waals surface area contributed by atoms with Crippen molar-refractivity contribution in [2.45, 2.75) is 26.7 Å². The summed E-state index contributed by atoms with van der Waals surface area (Å²) in [6.07, 6.45) is 4.47. The Kier molecular flexibility index (Phi) is 6.24. The van der Waals surface area contributed by atoms with Crippen LogP contribution in [0.3, 0.4) is 0 Å². The largest absolute Gasteiger partial charge is 0.0809 e. The highest BCUT2D eigenvalue weighted by Gasteiger charge is 2.12. The first-order chi connectivity index (χ1) is 10.3. The topological polar surface area (TPSA) is 0 Å². The molecule has 0 nitrogen and oxygen atoms in total. The van der Waals surface area contributed by atoms with Gasteiger partial charge in [0.1, 0.15) is 0 Å². The predicted octanol–water partition coefficient (Wildman–Crippen LogP) is 6.74. The standard InChI is InChI=1S/C20H21I/c1-3-11-16(4-2)19(17-12-7-5-8-13-17)20(21)18-14-9-6-10-15-18/h5-15H,3-4H2,1-2H3/b16-11+,20-19-. The minimum absolute atomic E-state index is 1.05. The molecule has 0 bridgehead atoms. The van der Waals surface area contributed by atoms with Crippen molar-refractivity contribution in [2.75, 3.05) is 0 Å². The fourth-order valence-corrected chi connectivity index (χ4v) is 3.47. The normalized spacial score (nSPS) is 13.0. The highest BCUT2D eigenvalue weighted by atomic mass is 127. The van der Waals surface area contributed by atoms with E-state index in [1.54, 1.807) is 0 Å². The number of hydrogen-bond acceptors (Lipinski definition) is 0. The molecule has 0 amide bonds. The van der Waals surface area contributed by atoms with E-state index in [0.717, 1.165) is 12.8 Å². The van der Waals surface area contributed by atoms with Crippen molar-refractivity contribution < 1.29 is 0 Å². The van der Waals surface area contributed by atoms with Gasteiger partial charge < -0.3 is 0 Å². The van der Waals surface area contributed by atoms with E-state index in [1.807, 2.05) is 0 Å². The fourth-order valence-electron chi connectivity index (χ4n) is 2.46. The zero-order valence-corrected chi connectivity index (χ0v) is 14.8. The number of benzene rings is 2. The molecule has 21 heavy (non-hydrogen) atoms. The highest BCUT2D eigenvalue weighted by Crippen LogP contribution is 2.37. The summed E-state index contributed by atoms with van der Waals surface area (Å²) in [6, 6.07) is 21.4. The van der Waals surface area contributed by atoms with Crippen LogP contribution in [0, 0.1) is 0 Å². The molecule has 0 aromatic heterocycles. The van der Waals surface area contributed by atoms with Crippen molar-refractivity contribution in [1.82, 2.24) is 0 Å². The second kappa shape index (κ2) is 8.18. The first-order valence-electron chi connectivity index (χ1n) is 7.48. The van der Waals surface area contributed by atoms with E-state index < -0.39 is 0 Å². The molecule has 108 valence electrons. The van der Waals surface area contributed by atoms with Gasteiger partial charge in [0.05, 0.1) is 0 Å². The lowest BCUT2D eigenvalue weighted by Crippen LogP contribution is -1.93. The number of rotatable bonds is 5. The Bertz CT molecular complexity index is 621. The van der Waals surface area contributed by atoms with E-state index in [9.17, 15) is 0 Å². The number of hydrogen-bond donors (Lipinski definition) is 0. The summed E-state index contributed by atoms with van der Waals surface area (Å²) in [5.74, 6) is 0. The molecule has 0 heterocycles. The Morgan fingerprint density at radius 3 is 1.86 bits per heavy atom. The Labute approximate surface area is 141 Å². The van der Waals surface area contributed by atoms with Gasteiger partial charge in [-0.3, -0.25) is 0 Å². The van der Waals surface area contributed by atoms with Crippen LogP contribution in [0.15, 0.2) is 72.3 Å². The van der Waals surface area contributed by atoms with E-state index in [1.165, 1.54) is 25.9 Å². The van der Waals surface area contributed by atoms with Gasteiger partial charge in [0.2, 0.25) is 0 Å². The van der Waals surface area contributed by atoms with Crippen molar-refractivity contribution in [1.29, 1.82) is 0 Å². The Morgan fingerprint density at radius 1 is 0.857 bits per heavy atom. The van der Waals surface area contributed by atoms with E-state index in [4.69, 9.17) is 0 Å². The second-order valence-corrected chi connectivity index (χ2v) is 5.99. The lowest BCUT2D eigenvalue weighted by molar-refractivity contribution is 1.11. The molecule has 0 atom stereocenters. The van der Waals surface area contributed by atoms with Gasteiger partial charge in [-0.05, 0) is 57.7 Å². The maximum absolute atomic E-state index is 2.49. The van der Waals surface area contributed by atoms with Crippen LogP contribution >= 0.6 is 22.6 Å². The minimum Gasteiger partial charge on any atom is -0.0809 e. The van der Waals surface area contributed by atoms with Crippen LogP contribution < -0.4 is 0 Å². The summed E-state index contributed by atoms with van der Waals surface area (Å²) in [6.45, 7) is 4.44. The summed E-state index contributed by atoms with van der Waals surface area (Å²) in [5.41, 5.74) is 5.38. The van der Waals surface area contributed by atoms with Gasteiger partial charge in [-0.1, -0.05) is 80.6 Å². The maximum atomic E-state index is 2.49. The molecule has 1 heteroatoms. The van der Waals surface area contributed by atoms with Crippen LogP contribution in [0.25, 0.3) is 9.15 Å². The molecule has 0 unspecified atom stereocenters. The third-order valence-corrected chi connectivity index (χ3v) is 4.62. The van der Waals surface area contributed by atoms with Gasteiger partial charge in [0.15, 0.2) is 0 Å². The van der Waals surface area contributed by atoms with Crippen molar-refractivity contribution in [3.05, 3.63) is 83.4 Å². The summed E-state index contributed by atoms with van der Waals surface area (Å²) >= 11 is 2.49. The van der Waals surface area contributed by atoms with Crippen LogP contribution in [-0.4, -0.2) is 0 Å². The molecule has 0 radical (unpaired) electrons. The third kappa shape index (κ3) is 4.07. The zero-order chi connectivity index (χ0) is 15.1. The SMILES string of the molecule is CC/C=C(CC)/C(=C(/I)c1ccccc1)c1ccccc1. The summed E-state index contributed by atoms with van der Waals surface area (Å²) in [4.78, 5) is 0. The molecule has 0 spiro atoms. The quantitative estimate of drug-likeness (QED) is 0.302. The molecule has 0 aliphatic carbocycles. The molecule has 0 N–H and O–H groups in total. The average Bonchev–Trinajstić information content (AvgIpc) is 2.56. The molecular weight excluding hydrogens is 367 g/mol. The lowest BCUT2D eigenvalue weighted by atomic mass is 9.93. The van der Waals surface area contributed by atoms with Crippen molar-refractivity contribution in [3.63, 3.8) is 0 Å². The first kappa shape index (κ1) is 16.0. The number of allylic oxidation sites excluding steroid dienone is 3. The Hall–Kier alpha value is -1.35. The van der Waals surface area contributed by atoms with E-state index >= 15 is 0 Å². The van der Waals surface area contributed by atoms with Gasteiger partial charge in [0.25, 0.3) is 0 Å². The molecule has 0 saturated heterocycles. The van der Waals surface area contributed by atoms with Gasteiger partial charge in [-0.15, -0.1) is 0 Å². The molecule has 0 aliphatic heterocycles. The van der Waals surface area contributed by atoms with E-state index in [0.29, 0.717) is 0 Å². The predicted molar refractivity (Wildman–Crippen MR) is 102 cm³/mol. The van der Waals surface area contributed by atoms with Gasteiger partial charge in [-0.25, -0.2) is 0 Å². The third-order valence-electron chi connectivity index (χ3n) is 3.46. The van der Waals surface area contributed by atoms with Crippen LogP contribution in [0.4, 0.5) is 0 Å². The first-order valence-corrected chi connectivity index (χ1v) is 8.55. The van der Waals surface area contributed by atoms with E-state index in [2.05, 4.69) is 103 Å².